The second kappa shape index (κ2) is 21.0. The number of nitrogens with zero attached hydrogens (tertiary/aromatic N) is 3. The number of aromatic carboxylic acids is 1. The van der Waals surface area contributed by atoms with Crippen LogP contribution in [0.2, 0.25) is 15.1 Å². The van der Waals surface area contributed by atoms with E-state index >= 15 is 0 Å². The molecule has 2 aromatic heterocycles. The standard InChI is InChI=1S/C17H14Cl2F3N3O4S.C14H10ClF3N2O4S.C4H9NO.ClH/c18-9-5-14(15(23-7-9)16(27)25-4-3-10(26)8-25)24-30(28,29)11-1-2-13(19)12(6-11)17(20,21)22;1-7-4-11(12(13(21)22)19-6-7)20-25(23,24)8-2-3-10(15)9(5-8)14(16,17)18;6-4-1-2-5-3-4;/h1-2,5-7,10,24,26H,3-4,8H2;2-6,20H,1H3,(H,21,22);4-6H,1-3H2;1H. The van der Waals surface area contributed by atoms with E-state index in [1.54, 1.807) is 6.92 Å². The monoisotopic (exact) mass is 1000 g/mol. The Labute approximate surface area is 370 Å². The first-order valence-electron chi connectivity index (χ1n) is 17.2. The molecular formula is C35H34Cl4F6N6O9S2. The number of halogens is 10. The molecule has 0 saturated carbocycles. The van der Waals surface area contributed by atoms with Crippen LogP contribution in [0.25, 0.3) is 0 Å². The summed E-state index contributed by atoms with van der Waals surface area (Å²) in [5.74, 6) is -2.15. The van der Waals surface area contributed by atoms with Crippen molar-refractivity contribution >= 4 is 90.5 Å². The number of rotatable bonds is 8. The molecule has 2 unspecified atom stereocenters. The van der Waals surface area contributed by atoms with Crippen molar-refractivity contribution in [2.45, 2.75) is 54.1 Å². The van der Waals surface area contributed by atoms with E-state index in [9.17, 15) is 57.9 Å². The Morgan fingerprint density at radius 3 is 1.68 bits per heavy atom. The zero-order valence-electron chi connectivity index (χ0n) is 31.4. The maximum absolute atomic E-state index is 13.1. The Bertz CT molecular complexity index is 2500. The van der Waals surface area contributed by atoms with Crippen molar-refractivity contribution in [3.8, 4) is 0 Å². The van der Waals surface area contributed by atoms with Crippen molar-refractivity contribution in [1.29, 1.82) is 0 Å². The summed E-state index contributed by atoms with van der Waals surface area (Å²) >= 11 is 16.8. The number of hydrogen-bond donors (Lipinski definition) is 6. The zero-order valence-corrected chi connectivity index (χ0v) is 36.1. The lowest BCUT2D eigenvalue weighted by atomic mass is 10.2. The molecule has 0 bridgehead atoms. The molecule has 2 aliphatic rings. The van der Waals surface area contributed by atoms with Gasteiger partial charge in [0, 0.05) is 32.0 Å². The van der Waals surface area contributed by atoms with E-state index in [0.29, 0.717) is 24.1 Å². The van der Waals surface area contributed by atoms with Crippen LogP contribution < -0.4 is 14.8 Å². The van der Waals surface area contributed by atoms with Crippen LogP contribution in [-0.2, 0) is 32.4 Å². The van der Waals surface area contributed by atoms with Gasteiger partial charge in [-0.15, -0.1) is 12.4 Å². The number of nitrogens with one attached hydrogen (secondary N) is 3. The molecule has 1 amide bonds. The number of benzene rings is 2. The summed E-state index contributed by atoms with van der Waals surface area (Å²) in [6.07, 6.45) is -6.86. The summed E-state index contributed by atoms with van der Waals surface area (Å²) in [5, 5.41) is 29.0. The Kier molecular flexibility index (Phi) is 17.7. The third-order valence-electron chi connectivity index (χ3n) is 8.36. The molecular weight excluding hydrogens is 968 g/mol. The highest BCUT2D eigenvalue weighted by Gasteiger charge is 2.36. The van der Waals surface area contributed by atoms with E-state index in [2.05, 4.69) is 20.0 Å². The number of carbonyl (C=O) groups excluding carboxylic acids is 1. The minimum Gasteiger partial charge on any atom is -0.476 e. The molecule has 2 saturated heterocycles. The van der Waals surface area contributed by atoms with Crippen LogP contribution in [0, 0.1) is 6.92 Å². The number of sulfonamides is 2. The molecule has 0 radical (unpaired) electrons. The van der Waals surface area contributed by atoms with Crippen molar-refractivity contribution < 1.29 is 68.1 Å². The summed E-state index contributed by atoms with van der Waals surface area (Å²) in [6.45, 7) is 3.60. The number of aromatic nitrogens is 2. The number of pyridine rings is 2. The highest BCUT2D eigenvalue weighted by atomic mass is 35.5. The summed E-state index contributed by atoms with van der Waals surface area (Å²) in [5.41, 5.74) is -3.75. The van der Waals surface area contributed by atoms with E-state index < -0.39 is 87.0 Å². The quantitative estimate of drug-likeness (QED) is 0.101. The maximum Gasteiger partial charge on any atom is 0.417 e. The third kappa shape index (κ3) is 13.9. The van der Waals surface area contributed by atoms with Gasteiger partial charge in [-0.3, -0.25) is 14.2 Å². The molecule has 340 valence electrons. The van der Waals surface area contributed by atoms with Crippen molar-refractivity contribution in [3.63, 3.8) is 0 Å². The molecule has 0 spiro atoms. The average molecular weight is 1000 g/mol. The lowest BCUT2D eigenvalue weighted by molar-refractivity contribution is -0.138. The lowest BCUT2D eigenvalue weighted by Crippen LogP contribution is -2.31. The number of β-amino-alcohol motifs (C(OH)–C–C–N with tert-alkyl or cyclic N) is 2. The highest BCUT2D eigenvalue weighted by molar-refractivity contribution is 7.93. The first-order chi connectivity index (χ1) is 28.2. The fourth-order valence-corrected chi connectivity index (χ4v) is 8.18. The van der Waals surface area contributed by atoms with Gasteiger partial charge in [-0.2, -0.15) is 26.3 Å². The molecule has 15 nitrogen and oxygen atoms in total. The average Bonchev–Trinajstić information content (AvgIpc) is 3.81. The number of alkyl halides is 6. The van der Waals surface area contributed by atoms with E-state index in [0.717, 1.165) is 56.0 Å². The SMILES string of the molecule is Cc1cnc(C(=O)O)c(NS(=O)(=O)c2ccc(Cl)c(C(F)(F)F)c2)c1.Cl.O=C(c1ncc(Cl)cc1NS(=O)(=O)c1ccc(Cl)c(C(F)(F)F)c1)N1CCC(O)C1.OC1CCNC1. The van der Waals surface area contributed by atoms with Gasteiger partial charge in [0.15, 0.2) is 11.4 Å². The van der Waals surface area contributed by atoms with Crippen LogP contribution in [0.5, 0.6) is 0 Å². The van der Waals surface area contributed by atoms with Crippen LogP contribution >= 0.6 is 47.2 Å². The van der Waals surface area contributed by atoms with Gasteiger partial charge in [0.25, 0.3) is 26.0 Å². The summed E-state index contributed by atoms with van der Waals surface area (Å²) in [7, 11) is -9.04. The molecule has 2 atom stereocenters. The molecule has 6 rings (SSSR count). The van der Waals surface area contributed by atoms with Crippen LogP contribution in [-0.4, -0.2) is 97.3 Å². The van der Waals surface area contributed by atoms with E-state index in [1.807, 2.05) is 4.72 Å². The molecule has 0 aliphatic carbocycles. The number of anilines is 2. The molecule has 2 aromatic carbocycles. The van der Waals surface area contributed by atoms with Gasteiger partial charge >= 0.3 is 18.3 Å². The van der Waals surface area contributed by atoms with E-state index in [4.69, 9.17) is 45.0 Å². The van der Waals surface area contributed by atoms with E-state index in [-0.39, 0.29) is 53.7 Å². The number of carboxylic acids is 1. The Morgan fingerprint density at radius 2 is 1.27 bits per heavy atom. The number of aryl methyl sites for hydroxylation is 1. The number of aliphatic hydroxyl groups is 2. The normalized spacial score (nSPS) is 16.5. The number of amides is 1. The van der Waals surface area contributed by atoms with Gasteiger partial charge in [0.1, 0.15) is 0 Å². The first kappa shape index (κ1) is 52.1. The zero-order chi connectivity index (χ0) is 45.7. The predicted molar refractivity (Wildman–Crippen MR) is 217 cm³/mol. The van der Waals surface area contributed by atoms with Crippen molar-refractivity contribution in [2.24, 2.45) is 0 Å². The minimum atomic E-state index is -4.86. The van der Waals surface area contributed by atoms with Crippen LogP contribution in [0.15, 0.2) is 70.7 Å². The largest absolute Gasteiger partial charge is 0.476 e. The molecule has 62 heavy (non-hydrogen) atoms. The third-order valence-corrected chi connectivity index (χ3v) is 12.0. The number of hydrogen-bond acceptors (Lipinski definition) is 11. The Morgan fingerprint density at radius 1 is 0.774 bits per heavy atom. The molecule has 4 heterocycles. The molecule has 6 N–H and O–H groups in total. The van der Waals surface area contributed by atoms with Crippen molar-refractivity contribution in [1.82, 2.24) is 20.2 Å². The fourth-order valence-electron chi connectivity index (χ4n) is 5.41. The Hall–Kier alpha value is -4.20. The number of likely N-dealkylation sites (tertiary alicyclic amines) is 1. The van der Waals surface area contributed by atoms with Gasteiger partial charge in [-0.1, -0.05) is 34.8 Å². The second-order valence-electron chi connectivity index (χ2n) is 13.1. The minimum absolute atomic E-state index is 0. The molecule has 2 aliphatic heterocycles. The smallest absolute Gasteiger partial charge is 0.417 e. The lowest BCUT2D eigenvalue weighted by Gasteiger charge is -2.18. The summed E-state index contributed by atoms with van der Waals surface area (Å²) < 4.78 is 132. The van der Waals surface area contributed by atoms with Gasteiger partial charge in [-0.05, 0) is 80.4 Å². The van der Waals surface area contributed by atoms with Crippen LogP contribution in [0.1, 0.15) is 50.5 Å². The first-order valence-corrected chi connectivity index (χ1v) is 21.3. The molecule has 2 fully saturated rings. The van der Waals surface area contributed by atoms with Gasteiger partial charge in [-0.25, -0.2) is 31.6 Å². The van der Waals surface area contributed by atoms with Gasteiger partial charge in [0.05, 0.1) is 59.6 Å². The summed E-state index contributed by atoms with van der Waals surface area (Å²) in [4.78, 5) is 31.1. The van der Waals surface area contributed by atoms with E-state index in [1.165, 1.54) is 17.2 Å². The van der Waals surface area contributed by atoms with Crippen molar-refractivity contribution in [3.05, 3.63) is 104 Å². The van der Waals surface area contributed by atoms with Gasteiger partial charge in [0.2, 0.25) is 0 Å². The maximum atomic E-state index is 13.1. The topological polar surface area (TPSA) is 228 Å². The van der Waals surface area contributed by atoms with Crippen molar-refractivity contribution in [2.75, 3.05) is 35.6 Å². The predicted octanol–water partition coefficient (Wildman–Crippen LogP) is 6.74. The number of aliphatic hydroxyl groups excluding tert-OH is 2. The number of carboxylic acid groups (broad SMARTS) is 1. The fraction of sp³-hybridized carbons (Fsp3) is 0.314. The van der Waals surface area contributed by atoms with Gasteiger partial charge < -0.3 is 25.5 Å². The Balaban J connectivity index is 0.000000290. The van der Waals surface area contributed by atoms with Crippen LogP contribution in [0.3, 0.4) is 0 Å². The summed E-state index contributed by atoms with van der Waals surface area (Å²) in [6, 6.07) is 6.47. The number of carbonyl (C=O) groups is 2. The molecule has 4 aromatic rings. The highest BCUT2D eigenvalue weighted by Crippen LogP contribution is 2.38. The molecule has 27 heteroatoms. The van der Waals surface area contributed by atoms with Crippen LogP contribution in [0.4, 0.5) is 37.7 Å². The second-order valence-corrected chi connectivity index (χ2v) is 17.7.